The van der Waals surface area contributed by atoms with Gasteiger partial charge in [0.25, 0.3) is 0 Å². The molecule has 5 heteroatoms. The summed E-state index contributed by atoms with van der Waals surface area (Å²) in [5.74, 6) is -0.310. The number of nitrogen functional groups attached to an aromatic ring is 1. The molecule has 156 valence electrons. The van der Waals surface area contributed by atoms with Gasteiger partial charge in [-0.2, -0.15) is 0 Å². The minimum atomic E-state index is -0.733. The number of nitrogens with two attached hydrogens (primary N) is 1. The van der Waals surface area contributed by atoms with Crippen molar-refractivity contribution in [3.63, 3.8) is 0 Å². The van der Waals surface area contributed by atoms with Crippen molar-refractivity contribution < 1.29 is 9.53 Å². The average Bonchev–Trinajstić information content (AvgIpc) is 2.66. The third-order valence-corrected chi connectivity index (χ3v) is 6.23. The van der Waals surface area contributed by atoms with Crippen molar-refractivity contribution in [3.8, 4) is 0 Å². The molecule has 0 radical (unpaired) electrons. The van der Waals surface area contributed by atoms with Gasteiger partial charge in [-0.05, 0) is 57.9 Å². The normalized spacial score (nSPS) is 27.7. The van der Waals surface area contributed by atoms with Gasteiger partial charge in [0, 0.05) is 36.7 Å². The predicted octanol–water partition coefficient (Wildman–Crippen LogP) is 3.61. The minimum Gasteiger partial charge on any atom is -0.450 e. The number of piperidine rings is 1. The molecular formula is C24H33N3O2. The van der Waals surface area contributed by atoms with Crippen LogP contribution in [0.15, 0.2) is 54.6 Å². The Hall–Kier alpha value is -2.37. The lowest BCUT2D eigenvalue weighted by Gasteiger charge is -2.56. The van der Waals surface area contributed by atoms with E-state index in [1.54, 1.807) is 24.3 Å². The lowest BCUT2D eigenvalue weighted by molar-refractivity contribution is -0.156. The number of carbonyl (C=O) groups is 1. The first-order chi connectivity index (χ1) is 13.7. The van der Waals surface area contributed by atoms with Crippen LogP contribution in [0.3, 0.4) is 0 Å². The van der Waals surface area contributed by atoms with Gasteiger partial charge in [0.1, 0.15) is 5.60 Å². The second-order valence-electron chi connectivity index (χ2n) is 8.97. The van der Waals surface area contributed by atoms with E-state index in [-0.39, 0.29) is 17.4 Å². The molecule has 0 spiro atoms. The van der Waals surface area contributed by atoms with Crippen LogP contribution < -0.4 is 5.73 Å². The number of nitrogens with zero attached hydrogens (tertiary/aromatic N) is 2. The first kappa shape index (κ1) is 21.3. The van der Waals surface area contributed by atoms with E-state index in [1.807, 2.05) is 18.2 Å². The lowest BCUT2D eigenvalue weighted by Crippen LogP contribution is -2.63. The van der Waals surface area contributed by atoms with E-state index < -0.39 is 5.60 Å². The Kier molecular flexibility index (Phi) is 6.01. The predicted molar refractivity (Wildman–Crippen MR) is 118 cm³/mol. The number of hydrogen-bond acceptors (Lipinski definition) is 5. The summed E-state index contributed by atoms with van der Waals surface area (Å²) in [5.41, 5.74) is 6.97. The van der Waals surface area contributed by atoms with Gasteiger partial charge in [0.2, 0.25) is 0 Å². The van der Waals surface area contributed by atoms with E-state index in [9.17, 15) is 4.79 Å². The van der Waals surface area contributed by atoms with Gasteiger partial charge in [-0.25, -0.2) is 4.79 Å². The molecule has 1 saturated heterocycles. The van der Waals surface area contributed by atoms with E-state index in [0.717, 1.165) is 25.1 Å². The average molecular weight is 396 g/mol. The molecule has 1 heterocycles. The summed E-state index contributed by atoms with van der Waals surface area (Å²) in [4.78, 5) is 17.8. The van der Waals surface area contributed by atoms with Gasteiger partial charge in [-0.15, -0.1) is 0 Å². The molecule has 0 aromatic heterocycles. The Balaban J connectivity index is 2.11. The van der Waals surface area contributed by atoms with E-state index >= 15 is 0 Å². The molecule has 0 saturated carbocycles. The molecule has 3 atom stereocenters. The Morgan fingerprint density at radius 1 is 1.17 bits per heavy atom. The molecule has 0 amide bonds. The minimum absolute atomic E-state index is 0.282. The molecule has 0 aliphatic carbocycles. The second-order valence-corrected chi connectivity index (χ2v) is 8.97. The first-order valence-corrected chi connectivity index (χ1v) is 10.2. The van der Waals surface area contributed by atoms with Crippen LogP contribution in [-0.4, -0.2) is 56.0 Å². The van der Waals surface area contributed by atoms with Crippen LogP contribution in [0.4, 0.5) is 5.69 Å². The molecule has 1 fully saturated rings. The molecule has 3 unspecified atom stereocenters. The maximum Gasteiger partial charge on any atom is 0.339 e. The zero-order chi connectivity index (χ0) is 21.2. The number of benzene rings is 2. The number of carbonyl (C=O) groups excluding carboxylic acids is 1. The van der Waals surface area contributed by atoms with Gasteiger partial charge < -0.3 is 20.3 Å². The molecule has 1 aliphatic heterocycles. The molecule has 2 aromatic rings. The SMILES string of the molecule is CC1CC(OC(=O)c2ccc(N)cc2)(c2ccccc2)C(C)(CN(C)C)CN1C. The maximum atomic E-state index is 13.3. The first-order valence-electron chi connectivity index (χ1n) is 10.2. The molecule has 2 N–H and O–H groups in total. The van der Waals surface area contributed by atoms with Crippen molar-refractivity contribution in [2.75, 3.05) is 40.0 Å². The smallest absolute Gasteiger partial charge is 0.339 e. The fraction of sp³-hybridized carbons (Fsp3) is 0.458. The molecule has 1 aliphatic rings. The van der Waals surface area contributed by atoms with Crippen molar-refractivity contribution in [2.45, 2.75) is 31.9 Å². The Morgan fingerprint density at radius 3 is 2.38 bits per heavy atom. The Labute approximate surface area is 174 Å². The number of hydrogen-bond donors (Lipinski definition) is 1. The summed E-state index contributed by atoms with van der Waals surface area (Å²) < 4.78 is 6.49. The van der Waals surface area contributed by atoms with Gasteiger partial charge in [0.15, 0.2) is 0 Å². The van der Waals surface area contributed by atoms with E-state index in [2.05, 4.69) is 56.9 Å². The lowest BCUT2D eigenvalue weighted by atomic mass is 9.63. The molecule has 2 aromatic carbocycles. The molecule has 29 heavy (non-hydrogen) atoms. The number of rotatable bonds is 5. The van der Waals surface area contributed by atoms with Gasteiger partial charge in [0.05, 0.1) is 5.56 Å². The summed E-state index contributed by atoms with van der Waals surface area (Å²) in [6.45, 7) is 6.06. The second kappa shape index (κ2) is 8.17. The fourth-order valence-corrected chi connectivity index (χ4v) is 4.76. The maximum absolute atomic E-state index is 13.3. The largest absolute Gasteiger partial charge is 0.450 e. The molecule has 5 nitrogen and oxygen atoms in total. The van der Waals surface area contributed by atoms with E-state index in [0.29, 0.717) is 11.3 Å². The van der Waals surface area contributed by atoms with Gasteiger partial charge in [-0.1, -0.05) is 37.3 Å². The highest BCUT2D eigenvalue weighted by Crippen LogP contribution is 2.51. The molecular weight excluding hydrogens is 362 g/mol. The third kappa shape index (κ3) is 4.16. The van der Waals surface area contributed by atoms with Crippen LogP contribution in [0.2, 0.25) is 0 Å². The molecule has 3 rings (SSSR count). The summed E-state index contributed by atoms with van der Waals surface area (Å²) >= 11 is 0. The highest BCUT2D eigenvalue weighted by Gasteiger charge is 2.57. The number of anilines is 1. The summed E-state index contributed by atoms with van der Waals surface area (Å²) in [6.07, 6.45) is 0.735. The summed E-state index contributed by atoms with van der Waals surface area (Å²) in [6, 6.07) is 17.4. The number of ether oxygens (including phenoxy) is 1. The number of likely N-dealkylation sites (tertiary alicyclic amines) is 1. The van der Waals surface area contributed by atoms with Crippen molar-refractivity contribution >= 4 is 11.7 Å². The van der Waals surface area contributed by atoms with E-state index in [4.69, 9.17) is 10.5 Å². The van der Waals surface area contributed by atoms with Crippen molar-refractivity contribution in [1.82, 2.24) is 9.80 Å². The van der Waals surface area contributed by atoms with Gasteiger partial charge >= 0.3 is 5.97 Å². The topological polar surface area (TPSA) is 58.8 Å². The van der Waals surface area contributed by atoms with E-state index in [1.165, 1.54) is 0 Å². The van der Waals surface area contributed by atoms with Crippen LogP contribution in [0, 0.1) is 5.41 Å². The fourth-order valence-electron chi connectivity index (χ4n) is 4.76. The zero-order valence-electron chi connectivity index (χ0n) is 18.2. The summed E-state index contributed by atoms with van der Waals surface area (Å²) in [5, 5.41) is 0. The standard InChI is InChI=1S/C24H33N3O2/c1-18-15-24(20-9-7-6-8-10-20,23(2,16-26(3)4)17-27(18)5)29-22(28)19-11-13-21(25)14-12-19/h6-14,18H,15-17,25H2,1-5H3. The monoisotopic (exact) mass is 395 g/mol. The molecule has 0 bridgehead atoms. The highest BCUT2D eigenvalue weighted by molar-refractivity contribution is 5.90. The van der Waals surface area contributed by atoms with Crippen LogP contribution >= 0.6 is 0 Å². The Morgan fingerprint density at radius 2 is 1.79 bits per heavy atom. The highest BCUT2D eigenvalue weighted by atomic mass is 16.6. The van der Waals surface area contributed by atoms with Crippen molar-refractivity contribution in [3.05, 3.63) is 65.7 Å². The quantitative estimate of drug-likeness (QED) is 0.619. The van der Waals surface area contributed by atoms with Gasteiger partial charge in [-0.3, -0.25) is 0 Å². The van der Waals surface area contributed by atoms with Crippen LogP contribution in [0.5, 0.6) is 0 Å². The van der Waals surface area contributed by atoms with Crippen LogP contribution in [0.1, 0.15) is 36.2 Å². The van der Waals surface area contributed by atoms with Crippen LogP contribution in [-0.2, 0) is 10.3 Å². The number of esters is 1. The third-order valence-electron chi connectivity index (χ3n) is 6.23. The van der Waals surface area contributed by atoms with Crippen molar-refractivity contribution in [2.24, 2.45) is 5.41 Å². The Bertz CT molecular complexity index is 837. The van der Waals surface area contributed by atoms with Crippen molar-refractivity contribution in [1.29, 1.82) is 0 Å². The summed E-state index contributed by atoms with van der Waals surface area (Å²) in [7, 11) is 6.29. The van der Waals surface area contributed by atoms with Crippen LogP contribution in [0.25, 0.3) is 0 Å². The zero-order valence-corrected chi connectivity index (χ0v) is 18.2.